The van der Waals surface area contributed by atoms with E-state index in [1.54, 1.807) is 26.2 Å². The van der Waals surface area contributed by atoms with Crippen LogP contribution in [-0.2, 0) is 0 Å². The molecule has 0 spiro atoms. The Kier molecular flexibility index (Phi) is 5.03. The van der Waals surface area contributed by atoms with Crippen LogP contribution in [0.3, 0.4) is 0 Å². The molecule has 0 radical (unpaired) electrons. The van der Waals surface area contributed by atoms with E-state index in [0.29, 0.717) is 42.4 Å². The number of rotatable bonds is 5. The molecule has 0 saturated heterocycles. The van der Waals surface area contributed by atoms with Gasteiger partial charge in [0.15, 0.2) is 5.82 Å². The van der Waals surface area contributed by atoms with Gasteiger partial charge in [-0.1, -0.05) is 11.2 Å². The zero-order chi connectivity index (χ0) is 18.0. The van der Waals surface area contributed by atoms with E-state index < -0.39 is 6.10 Å². The normalized spacial score (nSPS) is 22.8. The molecule has 0 bridgehead atoms. The zero-order valence-electron chi connectivity index (χ0n) is 14.7. The fourth-order valence-electron chi connectivity index (χ4n) is 3.29. The molecule has 1 aliphatic carbocycles. The summed E-state index contributed by atoms with van der Waals surface area (Å²) in [4.78, 5) is 16.6. The fraction of sp³-hybridized carbons (Fsp3) is 0.500. The maximum Gasteiger partial charge on any atom is 0.251 e. The molecule has 1 fully saturated rings. The second-order valence-corrected chi connectivity index (χ2v) is 6.57. The van der Waals surface area contributed by atoms with E-state index in [9.17, 15) is 9.90 Å². The molecule has 1 heterocycles. The number of nitrogens with one attached hydrogen (secondary N) is 1. The molecular formula is C18H23N3O4. The van der Waals surface area contributed by atoms with Crippen molar-refractivity contribution in [2.24, 2.45) is 5.92 Å². The monoisotopic (exact) mass is 345 g/mol. The predicted molar refractivity (Wildman–Crippen MR) is 90.6 cm³/mol. The first-order chi connectivity index (χ1) is 12.0. The van der Waals surface area contributed by atoms with Gasteiger partial charge < -0.3 is 19.7 Å². The second-order valence-electron chi connectivity index (χ2n) is 6.57. The molecule has 1 amide bonds. The largest absolute Gasteiger partial charge is 0.496 e. The van der Waals surface area contributed by atoms with Crippen molar-refractivity contribution < 1.29 is 19.2 Å². The van der Waals surface area contributed by atoms with Crippen LogP contribution >= 0.6 is 0 Å². The number of carbonyl (C=O) groups is 1. The van der Waals surface area contributed by atoms with Crippen molar-refractivity contribution in [3.63, 3.8) is 0 Å². The number of aryl methyl sites for hydroxylation is 2. The third-order valence-electron chi connectivity index (χ3n) is 4.75. The minimum Gasteiger partial charge on any atom is -0.496 e. The Hall–Kier alpha value is -2.41. The van der Waals surface area contributed by atoms with Gasteiger partial charge in [0.1, 0.15) is 5.75 Å². The van der Waals surface area contributed by atoms with E-state index in [1.807, 2.05) is 13.0 Å². The number of nitrogens with zero attached hydrogens (tertiary/aromatic N) is 2. The van der Waals surface area contributed by atoms with Gasteiger partial charge >= 0.3 is 0 Å². The highest BCUT2D eigenvalue weighted by molar-refractivity contribution is 5.94. The number of hydrogen-bond acceptors (Lipinski definition) is 6. The van der Waals surface area contributed by atoms with Gasteiger partial charge in [-0.2, -0.15) is 4.98 Å². The summed E-state index contributed by atoms with van der Waals surface area (Å²) >= 11 is 0. The molecule has 0 aliphatic heterocycles. The summed E-state index contributed by atoms with van der Waals surface area (Å²) in [6.45, 7) is 4.10. The van der Waals surface area contributed by atoms with Crippen molar-refractivity contribution in [1.82, 2.24) is 15.5 Å². The Morgan fingerprint density at radius 1 is 1.40 bits per heavy atom. The van der Waals surface area contributed by atoms with E-state index in [-0.39, 0.29) is 17.7 Å². The molecule has 3 rings (SSSR count). The zero-order valence-corrected chi connectivity index (χ0v) is 14.7. The number of ether oxygens (including phenoxy) is 1. The third kappa shape index (κ3) is 3.82. The molecule has 134 valence electrons. The van der Waals surface area contributed by atoms with Gasteiger partial charge in [0.2, 0.25) is 5.89 Å². The molecule has 7 nitrogen and oxygen atoms in total. The van der Waals surface area contributed by atoms with Gasteiger partial charge in [-0.15, -0.1) is 0 Å². The smallest absolute Gasteiger partial charge is 0.251 e. The van der Waals surface area contributed by atoms with Crippen molar-refractivity contribution in [2.45, 2.75) is 38.7 Å². The Morgan fingerprint density at radius 2 is 2.20 bits per heavy atom. The van der Waals surface area contributed by atoms with Crippen LogP contribution in [0.15, 0.2) is 22.7 Å². The molecule has 0 unspecified atom stereocenters. The van der Waals surface area contributed by atoms with Gasteiger partial charge in [-0.05, 0) is 44.4 Å². The average molecular weight is 345 g/mol. The summed E-state index contributed by atoms with van der Waals surface area (Å²) in [5.74, 6) is 1.66. The molecule has 1 aromatic heterocycles. The van der Waals surface area contributed by atoms with Gasteiger partial charge in [0.05, 0.1) is 13.2 Å². The standard InChI is InChI=1S/C18H23N3O4/c1-10-4-5-12(8-16(10)24-3)17(23)19-9-14-6-13(7-15(14)22)18-20-11(2)21-25-18/h4-5,8,13-15,22H,6-7,9H2,1-3H3,(H,19,23)/t13-,14+,15+/m0/s1. The highest BCUT2D eigenvalue weighted by Gasteiger charge is 2.36. The minimum absolute atomic E-state index is 0.0338. The van der Waals surface area contributed by atoms with Crippen LogP contribution in [0.2, 0.25) is 0 Å². The highest BCUT2D eigenvalue weighted by atomic mass is 16.5. The number of benzene rings is 1. The fourth-order valence-corrected chi connectivity index (χ4v) is 3.29. The highest BCUT2D eigenvalue weighted by Crippen LogP contribution is 2.37. The second kappa shape index (κ2) is 7.23. The minimum atomic E-state index is -0.495. The third-order valence-corrected chi connectivity index (χ3v) is 4.75. The summed E-state index contributed by atoms with van der Waals surface area (Å²) in [5.41, 5.74) is 1.52. The SMILES string of the molecule is COc1cc(C(=O)NC[C@H]2C[C@H](c3nc(C)no3)C[C@H]2O)ccc1C. The first-order valence-corrected chi connectivity index (χ1v) is 8.39. The lowest BCUT2D eigenvalue weighted by molar-refractivity contribution is 0.0916. The molecule has 2 aromatic rings. The van der Waals surface area contributed by atoms with Crippen LogP contribution in [0.4, 0.5) is 0 Å². The molecule has 3 atom stereocenters. The summed E-state index contributed by atoms with van der Waals surface area (Å²) in [6.07, 6.45) is 0.783. The Bertz CT molecular complexity index is 759. The number of methoxy groups -OCH3 is 1. The van der Waals surface area contributed by atoms with Gasteiger partial charge in [-0.25, -0.2) is 0 Å². The van der Waals surface area contributed by atoms with Gasteiger partial charge in [0.25, 0.3) is 5.91 Å². The Morgan fingerprint density at radius 3 is 2.88 bits per heavy atom. The number of carbonyl (C=O) groups excluding carboxylic acids is 1. The first-order valence-electron chi connectivity index (χ1n) is 8.39. The molecule has 1 aliphatic rings. The van der Waals surface area contributed by atoms with E-state index in [0.717, 1.165) is 5.56 Å². The lowest BCUT2D eigenvalue weighted by Crippen LogP contribution is -2.32. The lowest BCUT2D eigenvalue weighted by Gasteiger charge is -2.15. The molecule has 7 heteroatoms. The van der Waals surface area contributed by atoms with Crippen LogP contribution in [0.1, 0.15) is 46.4 Å². The van der Waals surface area contributed by atoms with Crippen LogP contribution in [0, 0.1) is 19.8 Å². The molecule has 1 aromatic carbocycles. The number of aromatic nitrogens is 2. The summed E-state index contributed by atoms with van der Waals surface area (Å²) in [7, 11) is 1.58. The summed E-state index contributed by atoms with van der Waals surface area (Å²) < 4.78 is 10.5. The van der Waals surface area contributed by atoms with Crippen LogP contribution < -0.4 is 10.1 Å². The van der Waals surface area contributed by atoms with E-state index >= 15 is 0 Å². The summed E-state index contributed by atoms with van der Waals surface area (Å²) in [5, 5.41) is 17.0. The molecule has 25 heavy (non-hydrogen) atoms. The number of aliphatic hydroxyl groups excluding tert-OH is 1. The Balaban J connectivity index is 1.58. The van der Waals surface area contributed by atoms with Crippen LogP contribution in [0.5, 0.6) is 5.75 Å². The molecule has 2 N–H and O–H groups in total. The number of aliphatic hydroxyl groups is 1. The predicted octanol–water partition coefficient (Wildman–Crippen LogP) is 1.98. The van der Waals surface area contributed by atoms with E-state index in [1.165, 1.54) is 0 Å². The lowest BCUT2D eigenvalue weighted by atomic mass is 10.0. The maximum absolute atomic E-state index is 12.4. The quantitative estimate of drug-likeness (QED) is 0.860. The maximum atomic E-state index is 12.4. The first kappa shape index (κ1) is 17.4. The topological polar surface area (TPSA) is 97.5 Å². The number of amides is 1. The van der Waals surface area contributed by atoms with Crippen molar-refractivity contribution in [1.29, 1.82) is 0 Å². The van der Waals surface area contributed by atoms with E-state index in [2.05, 4.69) is 15.5 Å². The molecule has 1 saturated carbocycles. The van der Waals surface area contributed by atoms with E-state index in [4.69, 9.17) is 9.26 Å². The van der Waals surface area contributed by atoms with Gasteiger partial charge in [-0.3, -0.25) is 4.79 Å². The number of hydrogen-bond donors (Lipinski definition) is 2. The van der Waals surface area contributed by atoms with Crippen molar-refractivity contribution in [3.8, 4) is 5.75 Å². The Labute approximate surface area is 146 Å². The van der Waals surface area contributed by atoms with Crippen LogP contribution in [0.25, 0.3) is 0 Å². The van der Waals surface area contributed by atoms with Crippen molar-refractivity contribution in [3.05, 3.63) is 41.0 Å². The average Bonchev–Trinajstić information content (AvgIpc) is 3.19. The van der Waals surface area contributed by atoms with Crippen molar-refractivity contribution >= 4 is 5.91 Å². The summed E-state index contributed by atoms with van der Waals surface area (Å²) in [6, 6.07) is 5.34. The van der Waals surface area contributed by atoms with Gasteiger partial charge in [0, 0.05) is 23.9 Å². The van der Waals surface area contributed by atoms with Crippen LogP contribution in [-0.4, -0.2) is 40.9 Å². The molecular weight excluding hydrogens is 322 g/mol. The van der Waals surface area contributed by atoms with Crippen molar-refractivity contribution in [2.75, 3.05) is 13.7 Å².